The van der Waals surface area contributed by atoms with Gasteiger partial charge in [-0.2, -0.15) is 0 Å². The van der Waals surface area contributed by atoms with Crippen molar-refractivity contribution in [3.8, 4) is 0 Å². The van der Waals surface area contributed by atoms with E-state index in [1.165, 1.54) is 53.9 Å². The Morgan fingerprint density at radius 2 is 0.654 bits per heavy atom. The lowest BCUT2D eigenvalue weighted by atomic mass is 9.94. The molecule has 0 amide bonds. The lowest BCUT2D eigenvalue weighted by Crippen LogP contribution is -1.83. The van der Waals surface area contributed by atoms with Crippen LogP contribution in [0.5, 0.6) is 0 Å². The quantitative estimate of drug-likeness (QED) is 0.200. The summed E-state index contributed by atoms with van der Waals surface area (Å²) in [6, 6.07) is 35.6. The van der Waals surface area contributed by atoms with Crippen LogP contribution in [0.25, 0.3) is 53.9 Å². The number of hydrogen-bond donors (Lipinski definition) is 0. The molecule has 0 aliphatic rings. The summed E-state index contributed by atoms with van der Waals surface area (Å²) in [6.45, 7) is 0. The van der Waals surface area contributed by atoms with Crippen molar-refractivity contribution in [3.05, 3.63) is 97.1 Å². The maximum absolute atomic E-state index is 2.33. The predicted molar refractivity (Wildman–Crippen MR) is 114 cm³/mol. The van der Waals surface area contributed by atoms with Gasteiger partial charge in [0.2, 0.25) is 0 Å². The van der Waals surface area contributed by atoms with Crippen LogP contribution in [0.15, 0.2) is 97.1 Å². The third kappa shape index (κ3) is 1.90. The molecule has 0 aliphatic heterocycles. The molecule has 0 heterocycles. The van der Waals surface area contributed by atoms with Crippen molar-refractivity contribution in [1.29, 1.82) is 0 Å². The van der Waals surface area contributed by atoms with Crippen molar-refractivity contribution >= 4 is 53.9 Å². The minimum atomic E-state index is 1.30. The highest BCUT2D eigenvalue weighted by Gasteiger charge is 2.07. The second kappa shape index (κ2) is 5.06. The van der Waals surface area contributed by atoms with Crippen LogP contribution < -0.4 is 0 Å². The van der Waals surface area contributed by atoms with Crippen LogP contribution in [0.2, 0.25) is 0 Å². The average molecular weight is 328 g/mol. The van der Waals surface area contributed by atoms with E-state index in [1.54, 1.807) is 0 Å². The van der Waals surface area contributed by atoms with Crippen LogP contribution in [0.1, 0.15) is 0 Å². The highest BCUT2D eigenvalue weighted by Crippen LogP contribution is 2.35. The van der Waals surface area contributed by atoms with Crippen molar-refractivity contribution in [3.63, 3.8) is 0 Å². The van der Waals surface area contributed by atoms with Gasteiger partial charge in [-0.1, -0.05) is 72.8 Å². The molecular weight excluding hydrogens is 312 g/mol. The van der Waals surface area contributed by atoms with Gasteiger partial charge >= 0.3 is 0 Å². The second-order valence-electron chi connectivity index (χ2n) is 7.07. The topological polar surface area (TPSA) is 0 Å². The first-order valence-corrected chi connectivity index (χ1v) is 9.04. The molecule has 0 aromatic heterocycles. The number of rotatable bonds is 0. The van der Waals surface area contributed by atoms with Crippen LogP contribution in [0.4, 0.5) is 0 Å². The zero-order valence-corrected chi connectivity index (χ0v) is 14.2. The molecule has 0 nitrogen and oxygen atoms in total. The van der Waals surface area contributed by atoms with E-state index in [1.807, 2.05) is 0 Å². The lowest BCUT2D eigenvalue weighted by molar-refractivity contribution is 1.78. The normalized spacial score (nSPS) is 11.8. The summed E-state index contributed by atoms with van der Waals surface area (Å²) in [5, 5.41) is 13.1. The Balaban J connectivity index is 1.80. The van der Waals surface area contributed by atoms with Crippen LogP contribution in [0, 0.1) is 0 Å². The molecule has 26 heavy (non-hydrogen) atoms. The van der Waals surface area contributed by atoms with E-state index in [-0.39, 0.29) is 0 Å². The molecule has 0 fully saturated rings. The molecule has 0 saturated heterocycles. The van der Waals surface area contributed by atoms with Crippen molar-refractivity contribution < 1.29 is 0 Å². The molecule has 0 saturated carbocycles. The Kier molecular flexibility index (Phi) is 2.70. The molecule has 6 rings (SSSR count). The van der Waals surface area contributed by atoms with Crippen molar-refractivity contribution in [2.45, 2.75) is 0 Å². The van der Waals surface area contributed by atoms with Gasteiger partial charge in [-0.25, -0.2) is 0 Å². The minimum absolute atomic E-state index is 1.30. The van der Waals surface area contributed by atoms with Crippen LogP contribution >= 0.6 is 0 Å². The van der Waals surface area contributed by atoms with Gasteiger partial charge in [0.25, 0.3) is 0 Å². The van der Waals surface area contributed by atoms with E-state index in [2.05, 4.69) is 97.1 Å². The molecule has 6 aromatic rings. The third-order valence-corrected chi connectivity index (χ3v) is 5.57. The highest BCUT2D eigenvalue weighted by atomic mass is 14.1. The fraction of sp³-hybridized carbons (Fsp3) is 0. The van der Waals surface area contributed by atoms with Crippen molar-refractivity contribution in [2.24, 2.45) is 0 Å². The Morgan fingerprint density at radius 1 is 0.269 bits per heavy atom. The van der Waals surface area contributed by atoms with Crippen LogP contribution in [0.3, 0.4) is 0 Å². The van der Waals surface area contributed by atoms with Gasteiger partial charge in [0.05, 0.1) is 0 Å². The molecular formula is C26H16. The van der Waals surface area contributed by atoms with E-state index >= 15 is 0 Å². The first-order valence-electron chi connectivity index (χ1n) is 9.04. The number of benzene rings is 6. The van der Waals surface area contributed by atoms with E-state index in [0.717, 1.165) is 0 Å². The van der Waals surface area contributed by atoms with Gasteiger partial charge in [0.15, 0.2) is 0 Å². The third-order valence-electron chi connectivity index (χ3n) is 5.57. The Bertz CT molecular complexity index is 1360. The minimum Gasteiger partial charge on any atom is -0.0616 e. The molecule has 120 valence electrons. The summed E-state index contributed by atoms with van der Waals surface area (Å²) >= 11 is 0. The van der Waals surface area contributed by atoms with Gasteiger partial charge in [-0.05, 0) is 78.1 Å². The maximum atomic E-state index is 2.33. The number of fused-ring (bicyclic) bond motifs is 7. The zero-order chi connectivity index (χ0) is 17.1. The number of hydrogen-bond acceptors (Lipinski definition) is 0. The Labute approximate surface area is 151 Å². The predicted octanol–water partition coefficient (Wildman–Crippen LogP) is 7.45. The van der Waals surface area contributed by atoms with E-state index in [4.69, 9.17) is 0 Å². The van der Waals surface area contributed by atoms with E-state index in [0.29, 0.717) is 0 Å². The van der Waals surface area contributed by atoms with Crippen molar-refractivity contribution in [2.75, 3.05) is 0 Å². The standard InChI is InChI=1S/C26H16/c1-3-7-19-15-25-21(13-17(19)5-1)9-11-24-23(25)12-10-22-14-18-6-2-4-8-20(18)16-26(22)24/h1-16H. The summed E-state index contributed by atoms with van der Waals surface area (Å²) < 4.78 is 0. The molecule has 0 aliphatic carbocycles. The highest BCUT2D eigenvalue weighted by molar-refractivity contribution is 6.20. The molecule has 0 N–H and O–H groups in total. The van der Waals surface area contributed by atoms with Crippen molar-refractivity contribution in [1.82, 2.24) is 0 Å². The van der Waals surface area contributed by atoms with E-state index < -0.39 is 0 Å². The van der Waals surface area contributed by atoms with Crippen LogP contribution in [-0.2, 0) is 0 Å². The summed E-state index contributed by atoms with van der Waals surface area (Å²) in [4.78, 5) is 0. The maximum Gasteiger partial charge on any atom is -0.00987 e. The summed E-state index contributed by atoms with van der Waals surface area (Å²) in [7, 11) is 0. The lowest BCUT2D eigenvalue weighted by Gasteiger charge is -2.10. The van der Waals surface area contributed by atoms with Gasteiger partial charge in [-0.3, -0.25) is 0 Å². The van der Waals surface area contributed by atoms with Gasteiger partial charge < -0.3 is 0 Å². The monoisotopic (exact) mass is 328 g/mol. The smallest absolute Gasteiger partial charge is 0.00987 e. The Hall–Kier alpha value is -3.38. The molecule has 0 heteroatoms. The van der Waals surface area contributed by atoms with Gasteiger partial charge in [0.1, 0.15) is 0 Å². The SMILES string of the molecule is c1ccc2cc3c(ccc4c5cc6ccccc6cc5ccc34)cc2c1. The first-order chi connectivity index (χ1) is 12.9. The summed E-state index contributed by atoms with van der Waals surface area (Å²) in [5.74, 6) is 0. The molecule has 0 unspecified atom stereocenters. The summed E-state index contributed by atoms with van der Waals surface area (Å²) in [5.41, 5.74) is 0. The first kappa shape index (κ1) is 13.9. The largest absolute Gasteiger partial charge is 0.0616 e. The molecule has 6 aromatic carbocycles. The second-order valence-corrected chi connectivity index (χ2v) is 7.07. The van der Waals surface area contributed by atoms with Crippen LogP contribution in [-0.4, -0.2) is 0 Å². The van der Waals surface area contributed by atoms with E-state index in [9.17, 15) is 0 Å². The zero-order valence-electron chi connectivity index (χ0n) is 14.2. The van der Waals surface area contributed by atoms with Gasteiger partial charge in [-0.15, -0.1) is 0 Å². The molecule has 0 radical (unpaired) electrons. The summed E-state index contributed by atoms with van der Waals surface area (Å²) in [6.07, 6.45) is 0. The molecule has 0 atom stereocenters. The fourth-order valence-electron chi connectivity index (χ4n) is 4.25. The Morgan fingerprint density at radius 3 is 1.08 bits per heavy atom. The fourth-order valence-corrected chi connectivity index (χ4v) is 4.25. The van der Waals surface area contributed by atoms with Gasteiger partial charge in [0, 0.05) is 0 Å². The molecule has 0 bridgehead atoms. The average Bonchev–Trinajstić information content (AvgIpc) is 2.70. The molecule has 0 spiro atoms.